The first-order valence-corrected chi connectivity index (χ1v) is 11.3. The molecular weight excluding hydrogens is 488 g/mol. The molecule has 1 aromatic heterocycles. The van der Waals surface area contributed by atoms with Crippen LogP contribution in [0.5, 0.6) is 0 Å². The molecule has 2 heterocycles. The predicted octanol–water partition coefficient (Wildman–Crippen LogP) is 1.08. The summed E-state index contributed by atoms with van der Waals surface area (Å²) in [4.78, 5) is 30.5. The molecule has 0 atom stereocenters. The van der Waals surface area contributed by atoms with Gasteiger partial charge in [0.1, 0.15) is 5.82 Å². The van der Waals surface area contributed by atoms with E-state index in [1.807, 2.05) is 36.4 Å². The first-order valence-electron chi connectivity index (χ1n) is 10.5. The second-order valence-corrected chi connectivity index (χ2v) is 8.69. The van der Waals surface area contributed by atoms with Gasteiger partial charge in [-0.05, 0) is 55.2 Å². The first-order chi connectivity index (χ1) is 15.4. The Hall–Kier alpha value is -1.19. The molecule has 0 aliphatic carbocycles. The molecule has 33 heavy (non-hydrogen) atoms. The molecule has 4 rings (SSSR count). The van der Waals surface area contributed by atoms with Crippen molar-refractivity contribution in [3.63, 3.8) is 0 Å². The summed E-state index contributed by atoms with van der Waals surface area (Å²) >= 11 is 12.6. The Morgan fingerprint density at radius 1 is 1.03 bits per heavy atom. The van der Waals surface area contributed by atoms with Crippen LogP contribution in [0.4, 0.5) is 11.5 Å². The summed E-state index contributed by atoms with van der Waals surface area (Å²) in [5.74, 6) is -0.779. The maximum absolute atomic E-state index is 12.6. The second kappa shape index (κ2) is 12.0. The van der Waals surface area contributed by atoms with Crippen molar-refractivity contribution < 1.29 is 66.1 Å². The molecule has 0 unspecified atom stereocenters. The van der Waals surface area contributed by atoms with E-state index in [0.29, 0.717) is 53.6 Å². The molecule has 1 aliphatic heterocycles. The van der Waals surface area contributed by atoms with Crippen molar-refractivity contribution in [2.75, 3.05) is 23.3 Å². The van der Waals surface area contributed by atoms with E-state index in [1.165, 1.54) is 0 Å². The zero-order chi connectivity index (χ0) is 22.7. The standard InChI is InChI=1S/C24H23Cl2N3O3.K/c25-18-4-2-1-3-15(18)5-10-22(30)28-23-17-6-9-21(27-20(17)8-7-19(23)26)29-13-11-16(12-14-29)24(31)32;/h1-4,6-9,16H,5,10-14H2,(H,28,30)(H,31,32);/q;+1/p-1. The van der Waals surface area contributed by atoms with Crippen molar-refractivity contribution in [3.05, 3.63) is 64.1 Å². The van der Waals surface area contributed by atoms with Gasteiger partial charge < -0.3 is 20.1 Å². The molecule has 0 bridgehead atoms. The molecule has 3 aromatic rings. The summed E-state index contributed by atoms with van der Waals surface area (Å²) in [5, 5.41) is 15.8. The van der Waals surface area contributed by atoms with Crippen molar-refractivity contribution in [1.82, 2.24) is 4.98 Å². The van der Waals surface area contributed by atoms with E-state index in [2.05, 4.69) is 10.2 Å². The van der Waals surface area contributed by atoms with Crippen LogP contribution in [-0.2, 0) is 16.0 Å². The molecule has 2 aromatic carbocycles. The van der Waals surface area contributed by atoms with E-state index in [4.69, 9.17) is 28.2 Å². The topological polar surface area (TPSA) is 85.4 Å². The number of aromatic nitrogens is 1. The summed E-state index contributed by atoms with van der Waals surface area (Å²) in [6, 6.07) is 14.7. The molecule has 9 heteroatoms. The van der Waals surface area contributed by atoms with E-state index in [1.54, 1.807) is 12.1 Å². The number of piperidine rings is 1. The van der Waals surface area contributed by atoms with Gasteiger partial charge in [0.05, 0.1) is 16.2 Å². The van der Waals surface area contributed by atoms with E-state index in [0.717, 1.165) is 16.8 Å². The van der Waals surface area contributed by atoms with Crippen molar-refractivity contribution in [1.29, 1.82) is 0 Å². The number of nitrogens with zero attached hydrogens (tertiary/aromatic N) is 2. The number of hydrogen-bond acceptors (Lipinski definition) is 5. The molecule has 1 amide bonds. The fourth-order valence-corrected chi connectivity index (χ4v) is 4.41. The van der Waals surface area contributed by atoms with Gasteiger partial charge in [0.2, 0.25) is 5.91 Å². The van der Waals surface area contributed by atoms with Gasteiger partial charge in [0.25, 0.3) is 0 Å². The molecule has 0 spiro atoms. The summed E-state index contributed by atoms with van der Waals surface area (Å²) < 4.78 is 0. The first kappa shape index (κ1) is 26.4. The third kappa shape index (κ3) is 6.48. The molecule has 1 aliphatic rings. The minimum atomic E-state index is -0.985. The maximum atomic E-state index is 12.6. The Bertz CT molecular complexity index is 1170. The number of carboxylic acids is 1. The Kier molecular flexibility index (Phi) is 9.58. The van der Waals surface area contributed by atoms with E-state index < -0.39 is 11.9 Å². The molecule has 0 radical (unpaired) electrons. The molecule has 6 nitrogen and oxygen atoms in total. The second-order valence-electron chi connectivity index (χ2n) is 7.88. The monoisotopic (exact) mass is 509 g/mol. The number of anilines is 2. The normalized spacial score (nSPS) is 14.1. The number of benzene rings is 2. The number of aryl methyl sites for hydroxylation is 1. The van der Waals surface area contributed by atoms with Crippen LogP contribution in [0.25, 0.3) is 10.9 Å². The van der Waals surface area contributed by atoms with Crippen LogP contribution in [0.2, 0.25) is 10.0 Å². The van der Waals surface area contributed by atoms with Crippen molar-refractivity contribution in [2.45, 2.75) is 25.7 Å². The summed E-state index contributed by atoms with van der Waals surface area (Å²) in [7, 11) is 0. The average Bonchev–Trinajstić information content (AvgIpc) is 2.80. The van der Waals surface area contributed by atoms with E-state index >= 15 is 0 Å². The van der Waals surface area contributed by atoms with Gasteiger partial charge in [-0.2, -0.15) is 0 Å². The Labute approximate surface area is 245 Å². The Balaban J connectivity index is 0.00000306. The number of carboxylic acid groups (broad SMARTS) is 1. The van der Waals surface area contributed by atoms with E-state index in [9.17, 15) is 14.7 Å². The Morgan fingerprint density at radius 3 is 2.45 bits per heavy atom. The van der Waals surface area contributed by atoms with Gasteiger partial charge in [-0.15, -0.1) is 0 Å². The third-order valence-corrected chi connectivity index (χ3v) is 6.49. The molecule has 0 saturated carbocycles. The molecule has 1 fully saturated rings. The summed E-state index contributed by atoms with van der Waals surface area (Å²) in [6.45, 7) is 1.22. The number of rotatable bonds is 6. The molecule has 1 N–H and O–H groups in total. The molecule has 166 valence electrons. The van der Waals surface area contributed by atoms with Crippen LogP contribution >= 0.6 is 23.2 Å². The van der Waals surface area contributed by atoms with Crippen LogP contribution in [0.1, 0.15) is 24.8 Å². The molecular formula is C24H22Cl2KN3O3. The predicted molar refractivity (Wildman–Crippen MR) is 125 cm³/mol. The van der Waals surface area contributed by atoms with Crippen LogP contribution in [0, 0.1) is 5.92 Å². The maximum Gasteiger partial charge on any atom is 1.00 e. The number of halogens is 2. The van der Waals surface area contributed by atoms with Gasteiger partial charge in [0, 0.05) is 41.8 Å². The number of pyridine rings is 1. The van der Waals surface area contributed by atoms with Gasteiger partial charge in [0.15, 0.2) is 0 Å². The zero-order valence-electron chi connectivity index (χ0n) is 18.3. The Morgan fingerprint density at radius 2 is 1.76 bits per heavy atom. The number of aliphatic carboxylic acids is 1. The zero-order valence-corrected chi connectivity index (χ0v) is 22.9. The summed E-state index contributed by atoms with van der Waals surface area (Å²) in [6.07, 6.45) is 1.87. The fraction of sp³-hybridized carbons (Fsp3) is 0.292. The fourth-order valence-electron chi connectivity index (χ4n) is 3.97. The van der Waals surface area contributed by atoms with Gasteiger partial charge in [-0.25, -0.2) is 4.98 Å². The minimum absolute atomic E-state index is 0. The summed E-state index contributed by atoms with van der Waals surface area (Å²) in [5.41, 5.74) is 2.15. The SMILES string of the molecule is O=C(CCc1ccccc1Cl)Nc1c(Cl)ccc2nc(N3CCC(C(=O)[O-])CC3)ccc12.[K+]. The average molecular weight is 510 g/mol. The minimum Gasteiger partial charge on any atom is -0.550 e. The van der Waals surface area contributed by atoms with Gasteiger partial charge in [-0.1, -0.05) is 41.4 Å². The van der Waals surface area contributed by atoms with Crippen molar-refractivity contribution in [2.24, 2.45) is 5.92 Å². The van der Waals surface area contributed by atoms with Crippen molar-refractivity contribution in [3.8, 4) is 0 Å². The van der Waals surface area contributed by atoms with E-state index in [-0.39, 0.29) is 63.7 Å². The number of carbonyl (C=O) groups is 2. The van der Waals surface area contributed by atoms with Crippen LogP contribution in [0.3, 0.4) is 0 Å². The van der Waals surface area contributed by atoms with Gasteiger partial charge in [-0.3, -0.25) is 4.79 Å². The molecule has 1 saturated heterocycles. The number of fused-ring (bicyclic) bond motifs is 1. The van der Waals surface area contributed by atoms with Crippen LogP contribution in [0.15, 0.2) is 48.5 Å². The quantitative estimate of drug-likeness (QED) is 0.502. The largest absolute Gasteiger partial charge is 1.00 e. The number of carbonyl (C=O) groups excluding carboxylic acids is 2. The number of nitrogens with one attached hydrogen (secondary N) is 1. The van der Waals surface area contributed by atoms with Crippen molar-refractivity contribution >= 4 is 57.5 Å². The van der Waals surface area contributed by atoms with Crippen LogP contribution in [-0.4, -0.2) is 29.9 Å². The number of amides is 1. The van der Waals surface area contributed by atoms with Crippen LogP contribution < -0.4 is 66.7 Å². The number of hydrogen-bond donors (Lipinski definition) is 1. The smallest absolute Gasteiger partial charge is 0.550 e. The van der Waals surface area contributed by atoms with Gasteiger partial charge >= 0.3 is 51.4 Å². The third-order valence-electron chi connectivity index (χ3n) is 5.80.